The van der Waals surface area contributed by atoms with Crippen molar-refractivity contribution in [3.8, 4) is 0 Å². The monoisotopic (exact) mass is 403 g/mol. The fraction of sp³-hybridized carbons (Fsp3) is 0.0526. The van der Waals surface area contributed by atoms with Crippen LogP contribution in [-0.4, -0.2) is 34.4 Å². The number of aromatic nitrogens is 1. The summed E-state index contributed by atoms with van der Waals surface area (Å²) < 4.78 is 40.6. The first-order chi connectivity index (χ1) is 13.1. The highest BCUT2D eigenvalue weighted by Crippen LogP contribution is 2.30. The van der Waals surface area contributed by atoms with Crippen molar-refractivity contribution in [3.05, 3.63) is 71.7 Å². The Labute approximate surface area is 159 Å². The number of carboxylic acid groups (broad SMARTS) is 1. The fourth-order valence-electron chi connectivity index (χ4n) is 2.66. The van der Waals surface area contributed by atoms with E-state index in [0.717, 1.165) is 27.9 Å². The van der Waals surface area contributed by atoms with Crippen molar-refractivity contribution in [2.75, 3.05) is 0 Å². The third-order valence-corrected chi connectivity index (χ3v) is 5.75. The van der Waals surface area contributed by atoms with Gasteiger partial charge in [-0.3, -0.25) is 4.79 Å². The number of aliphatic hydroxyl groups excluding tert-OH is 1. The minimum Gasteiger partial charge on any atom is -0.507 e. The third-order valence-electron chi connectivity index (χ3n) is 4.06. The van der Waals surface area contributed by atoms with E-state index in [1.54, 1.807) is 19.1 Å². The molecule has 0 aliphatic carbocycles. The lowest BCUT2D eigenvalue weighted by Crippen LogP contribution is -2.12. The smallest absolute Gasteiger partial charge is 0.376 e. The summed E-state index contributed by atoms with van der Waals surface area (Å²) in [6.07, 6.45) is 1.45. The predicted molar refractivity (Wildman–Crippen MR) is 98.9 cm³/mol. The molecule has 2 N–H and O–H groups in total. The summed E-state index contributed by atoms with van der Waals surface area (Å²) in [5.41, 5.74) is 0.714. The summed E-state index contributed by atoms with van der Waals surface area (Å²) in [5, 5.41) is 18.8. The molecule has 1 aromatic heterocycles. The Balaban J connectivity index is 2.27. The molecule has 0 unspecified atom stereocenters. The second-order valence-corrected chi connectivity index (χ2v) is 7.83. The number of rotatable bonds is 5. The van der Waals surface area contributed by atoms with Crippen LogP contribution in [0.15, 0.2) is 59.6 Å². The molecule has 28 heavy (non-hydrogen) atoms. The van der Waals surface area contributed by atoms with Gasteiger partial charge in [0.25, 0.3) is 15.8 Å². The maximum absolute atomic E-state index is 13.7. The zero-order valence-corrected chi connectivity index (χ0v) is 15.3. The topological polar surface area (TPSA) is 114 Å². The Kier molecular flexibility index (Phi) is 4.78. The van der Waals surface area contributed by atoms with Gasteiger partial charge in [-0.25, -0.2) is 21.6 Å². The van der Waals surface area contributed by atoms with Crippen LogP contribution in [-0.2, 0) is 19.6 Å². The van der Waals surface area contributed by atoms with Gasteiger partial charge in [-0.15, -0.1) is 0 Å². The molecule has 0 saturated heterocycles. The number of carbonyl (C=O) groups is 2. The van der Waals surface area contributed by atoms with E-state index in [0.29, 0.717) is 6.08 Å². The summed E-state index contributed by atoms with van der Waals surface area (Å²) in [6, 6.07) is 9.29. The van der Waals surface area contributed by atoms with Crippen molar-refractivity contribution in [1.29, 1.82) is 0 Å². The zero-order valence-electron chi connectivity index (χ0n) is 14.5. The van der Waals surface area contributed by atoms with Gasteiger partial charge in [-0.1, -0.05) is 17.7 Å². The molecule has 3 rings (SSSR count). The molecule has 2 aromatic carbocycles. The molecule has 9 heteroatoms. The molecule has 0 radical (unpaired) electrons. The lowest BCUT2D eigenvalue weighted by molar-refractivity contribution is -0.146. The number of halogens is 1. The minimum absolute atomic E-state index is 0.00243. The quantitative estimate of drug-likeness (QED) is 0.385. The molecule has 7 nitrogen and oxygen atoms in total. The lowest BCUT2D eigenvalue weighted by Gasteiger charge is -2.07. The first-order valence-corrected chi connectivity index (χ1v) is 9.36. The van der Waals surface area contributed by atoms with E-state index in [1.165, 1.54) is 18.2 Å². The Bertz CT molecular complexity index is 1240. The molecule has 0 aliphatic heterocycles. The first kappa shape index (κ1) is 19.3. The molecule has 0 atom stereocenters. The number of ketones is 1. The molecule has 1 heterocycles. The number of carboxylic acids is 1. The molecule has 144 valence electrons. The van der Waals surface area contributed by atoms with Gasteiger partial charge in [0.05, 0.1) is 10.4 Å². The third kappa shape index (κ3) is 3.39. The van der Waals surface area contributed by atoms with E-state index < -0.39 is 33.4 Å². The second-order valence-electron chi connectivity index (χ2n) is 6.02. The molecule has 0 fully saturated rings. The maximum Gasteiger partial charge on any atom is 0.376 e. The number of hydrogen-bond donors (Lipinski definition) is 2. The van der Waals surface area contributed by atoms with Crippen molar-refractivity contribution in [3.63, 3.8) is 0 Å². The average Bonchev–Trinajstić information content (AvgIpc) is 3.01. The minimum atomic E-state index is -4.10. The summed E-state index contributed by atoms with van der Waals surface area (Å²) in [4.78, 5) is 22.0. The van der Waals surface area contributed by atoms with Crippen LogP contribution in [0.25, 0.3) is 16.7 Å². The van der Waals surface area contributed by atoms with Gasteiger partial charge in [0.15, 0.2) is 0 Å². The van der Waals surface area contributed by atoms with Gasteiger partial charge >= 0.3 is 5.97 Å². The van der Waals surface area contributed by atoms with Crippen LogP contribution in [0.4, 0.5) is 4.39 Å². The fourth-order valence-corrected chi connectivity index (χ4v) is 4.03. The molecule has 3 aromatic rings. The number of hydrogen-bond acceptors (Lipinski definition) is 5. The lowest BCUT2D eigenvalue weighted by atomic mass is 10.1. The van der Waals surface area contributed by atoms with E-state index in [1.807, 2.05) is 0 Å². The predicted octanol–water partition coefficient (Wildman–Crippen LogP) is 2.88. The number of benzene rings is 2. The highest BCUT2D eigenvalue weighted by atomic mass is 32.2. The van der Waals surface area contributed by atoms with E-state index in [-0.39, 0.29) is 21.4 Å². The van der Waals surface area contributed by atoms with Crippen molar-refractivity contribution in [2.45, 2.75) is 11.8 Å². The second kappa shape index (κ2) is 6.93. The summed E-state index contributed by atoms with van der Waals surface area (Å²) in [7, 11) is -4.10. The van der Waals surface area contributed by atoms with Crippen LogP contribution in [0.2, 0.25) is 0 Å². The van der Waals surface area contributed by atoms with Gasteiger partial charge in [0, 0.05) is 23.2 Å². The van der Waals surface area contributed by atoms with Crippen molar-refractivity contribution in [2.24, 2.45) is 0 Å². The number of carbonyl (C=O) groups excluding carboxylic acids is 1. The molecular formula is C19H14FNO6S. The largest absolute Gasteiger partial charge is 0.507 e. The Hall–Kier alpha value is -3.46. The highest BCUT2D eigenvalue weighted by molar-refractivity contribution is 7.90. The van der Waals surface area contributed by atoms with Crippen LogP contribution in [0.3, 0.4) is 0 Å². The summed E-state index contributed by atoms with van der Waals surface area (Å²) in [5.74, 6) is -4.69. The Morgan fingerprint density at radius 2 is 1.71 bits per heavy atom. The summed E-state index contributed by atoms with van der Waals surface area (Å²) in [6.45, 7) is 1.80. The standard InChI is InChI=1S/C19H14FNO6S/c1-11-2-5-13(6-3-11)28(26,27)21-10-15(17(22)9-18(23)19(24)25)14-8-12(20)4-7-16(14)21/h2-10,22H,1H3,(H,24,25)/b17-9-. The number of nitrogens with zero attached hydrogens (tertiary/aromatic N) is 1. The Morgan fingerprint density at radius 3 is 2.32 bits per heavy atom. The van der Waals surface area contributed by atoms with Gasteiger partial charge in [-0.2, -0.15) is 0 Å². The number of aliphatic hydroxyl groups is 1. The van der Waals surface area contributed by atoms with Crippen molar-refractivity contribution >= 4 is 38.4 Å². The van der Waals surface area contributed by atoms with Crippen LogP contribution >= 0.6 is 0 Å². The normalized spacial score (nSPS) is 12.3. The molecule has 0 saturated carbocycles. The number of aliphatic carboxylic acids is 1. The SMILES string of the molecule is Cc1ccc(S(=O)(=O)n2cc(/C(O)=C/C(=O)C(=O)O)c3cc(F)ccc32)cc1. The summed E-state index contributed by atoms with van der Waals surface area (Å²) >= 11 is 0. The van der Waals surface area contributed by atoms with Gasteiger partial charge < -0.3 is 10.2 Å². The molecule has 0 aliphatic rings. The molecular weight excluding hydrogens is 389 g/mol. The maximum atomic E-state index is 13.7. The number of aryl methyl sites for hydroxylation is 1. The Morgan fingerprint density at radius 1 is 1.07 bits per heavy atom. The van der Waals surface area contributed by atoms with E-state index in [9.17, 15) is 27.5 Å². The van der Waals surface area contributed by atoms with Crippen LogP contribution < -0.4 is 0 Å². The van der Waals surface area contributed by atoms with Crippen LogP contribution in [0, 0.1) is 12.7 Å². The zero-order chi connectivity index (χ0) is 20.6. The van der Waals surface area contributed by atoms with Crippen molar-refractivity contribution in [1.82, 2.24) is 3.97 Å². The highest BCUT2D eigenvalue weighted by Gasteiger charge is 2.23. The van der Waals surface area contributed by atoms with Gasteiger partial charge in [-0.05, 0) is 37.3 Å². The van der Waals surface area contributed by atoms with Crippen LogP contribution in [0.1, 0.15) is 11.1 Å². The van der Waals surface area contributed by atoms with E-state index in [2.05, 4.69) is 0 Å². The molecule has 0 spiro atoms. The van der Waals surface area contributed by atoms with Gasteiger partial charge in [0.1, 0.15) is 11.6 Å². The van der Waals surface area contributed by atoms with E-state index >= 15 is 0 Å². The van der Waals surface area contributed by atoms with E-state index in [4.69, 9.17) is 5.11 Å². The number of fused-ring (bicyclic) bond motifs is 1. The van der Waals surface area contributed by atoms with Crippen LogP contribution in [0.5, 0.6) is 0 Å². The molecule has 0 amide bonds. The molecule has 0 bridgehead atoms. The first-order valence-electron chi connectivity index (χ1n) is 7.92. The van der Waals surface area contributed by atoms with Crippen molar-refractivity contribution < 1.29 is 32.6 Å². The average molecular weight is 403 g/mol. The van der Waals surface area contributed by atoms with Gasteiger partial charge in [0.2, 0.25) is 0 Å².